The second-order valence-corrected chi connectivity index (χ2v) is 5.60. The van der Waals surface area contributed by atoms with E-state index in [-0.39, 0.29) is 5.56 Å². The molecule has 0 fully saturated rings. The van der Waals surface area contributed by atoms with E-state index in [1.807, 2.05) is 18.5 Å². The van der Waals surface area contributed by atoms with Crippen molar-refractivity contribution in [1.29, 1.82) is 0 Å². The Balaban J connectivity index is 2.15. The second-order valence-electron chi connectivity index (χ2n) is 4.81. The molecule has 0 aliphatic heterocycles. The summed E-state index contributed by atoms with van der Waals surface area (Å²) in [5.74, 6) is -0.0490. The quantitative estimate of drug-likeness (QED) is 0.887. The fourth-order valence-corrected chi connectivity index (χ4v) is 2.49. The molecule has 6 heteroatoms. The van der Waals surface area contributed by atoms with Gasteiger partial charge in [-0.2, -0.15) is 5.10 Å². The van der Waals surface area contributed by atoms with Crippen LogP contribution < -0.4 is 4.74 Å². The molecular weight excluding hydrogens is 339 g/mol. The first kappa shape index (κ1) is 16.0. The summed E-state index contributed by atoms with van der Waals surface area (Å²) >= 11 is 3.49. The van der Waals surface area contributed by atoms with E-state index < -0.39 is 11.9 Å². The minimum Gasteiger partial charge on any atom is -0.487 e. The molecule has 0 aliphatic carbocycles. The highest BCUT2D eigenvalue weighted by atomic mass is 79.9. The van der Waals surface area contributed by atoms with E-state index in [4.69, 9.17) is 4.74 Å². The molecule has 0 amide bonds. The number of aliphatic hydroxyl groups excluding tert-OH is 1. The maximum absolute atomic E-state index is 13.8. The highest BCUT2D eigenvalue weighted by Gasteiger charge is 2.14. The van der Waals surface area contributed by atoms with Gasteiger partial charge in [0.2, 0.25) is 0 Å². The van der Waals surface area contributed by atoms with Crippen LogP contribution in [0.5, 0.6) is 5.75 Å². The van der Waals surface area contributed by atoms with Crippen molar-refractivity contribution in [3.8, 4) is 5.75 Å². The molecule has 1 aromatic heterocycles. The van der Waals surface area contributed by atoms with E-state index in [2.05, 4.69) is 21.0 Å². The van der Waals surface area contributed by atoms with Crippen molar-refractivity contribution in [2.24, 2.45) is 0 Å². The zero-order chi connectivity index (χ0) is 15.6. The van der Waals surface area contributed by atoms with Crippen molar-refractivity contribution >= 4 is 15.9 Å². The first-order valence-corrected chi connectivity index (χ1v) is 7.55. The van der Waals surface area contributed by atoms with E-state index in [1.165, 1.54) is 19.1 Å². The molecule has 1 heterocycles. The number of nitrogens with zero attached hydrogens (tertiary/aromatic N) is 2. The molecule has 0 saturated carbocycles. The zero-order valence-corrected chi connectivity index (χ0v) is 13.8. The fraction of sp³-hybridized carbons (Fsp3) is 0.400. The third kappa shape index (κ3) is 3.44. The van der Waals surface area contributed by atoms with Gasteiger partial charge in [-0.15, -0.1) is 0 Å². The Hall–Kier alpha value is -1.40. The average Bonchev–Trinajstić information content (AvgIpc) is 2.71. The Kier molecular flexibility index (Phi) is 5.00. The van der Waals surface area contributed by atoms with Crippen LogP contribution in [0, 0.1) is 12.7 Å². The number of aryl methyl sites for hydroxylation is 2. The molecule has 2 rings (SSSR count). The molecule has 0 saturated heterocycles. The third-order valence-electron chi connectivity index (χ3n) is 3.25. The minimum absolute atomic E-state index is 0.262. The Bertz CT molecular complexity index is 641. The van der Waals surface area contributed by atoms with Crippen molar-refractivity contribution in [3.05, 3.63) is 45.4 Å². The minimum atomic E-state index is -0.836. The van der Waals surface area contributed by atoms with Crippen LogP contribution in [-0.2, 0) is 13.2 Å². The smallest absolute Gasteiger partial charge is 0.132 e. The van der Waals surface area contributed by atoms with Gasteiger partial charge in [0.05, 0.1) is 22.0 Å². The Morgan fingerprint density at radius 2 is 2.19 bits per heavy atom. The number of rotatable bonds is 5. The molecule has 1 atom stereocenters. The summed E-state index contributed by atoms with van der Waals surface area (Å²) in [6, 6.07) is 4.47. The number of halogens is 2. The summed E-state index contributed by atoms with van der Waals surface area (Å²) in [5.41, 5.74) is 2.07. The van der Waals surface area contributed by atoms with E-state index in [1.54, 1.807) is 6.07 Å². The van der Waals surface area contributed by atoms with Gasteiger partial charge >= 0.3 is 0 Å². The summed E-state index contributed by atoms with van der Waals surface area (Å²) < 4.78 is 22.2. The number of aromatic nitrogens is 2. The first-order valence-electron chi connectivity index (χ1n) is 6.76. The fourth-order valence-electron chi connectivity index (χ4n) is 2.10. The monoisotopic (exact) mass is 356 g/mol. The highest BCUT2D eigenvalue weighted by Crippen LogP contribution is 2.25. The van der Waals surface area contributed by atoms with Gasteiger partial charge in [0.15, 0.2) is 0 Å². The van der Waals surface area contributed by atoms with Gasteiger partial charge in [-0.05, 0) is 48.8 Å². The van der Waals surface area contributed by atoms with Crippen LogP contribution in [0.1, 0.15) is 36.9 Å². The predicted octanol–water partition coefficient (Wildman–Crippen LogP) is 3.75. The number of benzene rings is 1. The van der Waals surface area contributed by atoms with E-state index in [9.17, 15) is 9.50 Å². The van der Waals surface area contributed by atoms with Gasteiger partial charge in [0.25, 0.3) is 0 Å². The largest absolute Gasteiger partial charge is 0.487 e. The summed E-state index contributed by atoms with van der Waals surface area (Å²) in [4.78, 5) is 0. The summed E-state index contributed by atoms with van der Waals surface area (Å²) in [5, 5.41) is 13.8. The van der Waals surface area contributed by atoms with Crippen LogP contribution in [0.4, 0.5) is 4.39 Å². The van der Waals surface area contributed by atoms with Gasteiger partial charge in [-0.3, -0.25) is 4.68 Å². The topological polar surface area (TPSA) is 47.3 Å². The van der Waals surface area contributed by atoms with Crippen molar-refractivity contribution in [2.45, 2.75) is 40.0 Å². The maximum Gasteiger partial charge on any atom is 0.132 e. The van der Waals surface area contributed by atoms with E-state index >= 15 is 0 Å². The molecule has 21 heavy (non-hydrogen) atoms. The molecule has 4 nitrogen and oxygen atoms in total. The lowest BCUT2D eigenvalue weighted by atomic mass is 10.1. The molecular formula is C15H18BrFN2O2. The van der Waals surface area contributed by atoms with Crippen LogP contribution in [0.15, 0.2) is 22.7 Å². The summed E-state index contributed by atoms with van der Waals surface area (Å²) in [6.07, 6.45) is -0.836. The van der Waals surface area contributed by atoms with Gasteiger partial charge in [-0.25, -0.2) is 4.39 Å². The second kappa shape index (κ2) is 6.58. The Labute approximate surface area is 131 Å². The van der Waals surface area contributed by atoms with Crippen molar-refractivity contribution in [2.75, 3.05) is 0 Å². The van der Waals surface area contributed by atoms with Gasteiger partial charge in [-0.1, -0.05) is 0 Å². The lowest BCUT2D eigenvalue weighted by molar-refractivity contribution is 0.193. The Morgan fingerprint density at radius 3 is 2.76 bits per heavy atom. The normalized spacial score (nSPS) is 12.5. The molecule has 0 radical (unpaired) electrons. The molecule has 1 aromatic carbocycles. The van der Waals surface area contributed by atoms with Crippen molar-refractivity contribution in [3.63, 3.8) is 0 Å². The number of ether oxygens (including phenoxy) is 1. The zero-order valence-electron chi connectivity index (χ0n) is 12.2. The molecule has 1 N–H and O–H groups in total. The van der Waals surface area contributed by atoms with Crippen LogP contribution >= 0.6 is 15.9 Å². The molecule has 114 valence electrons. The van der Waals surface area contributed by atoms with Crippen LogP contribution in [0.25, 0.3) is 0 Å². The van der Waals surface area contributed by atoms with E-state index in [0.29, 0.717) is 12.4 Å². The molecule has 0 spiro atoms. The molecule has 0 bridgehead atoms. The van der Waals surface area contributed by atoms with Gasteiger partial charge < -0.3 is 9.84 Å². The van der Waals surface area contributed by atoms with Crippen molar-refractivity contribution < 1.29 is 14.2 Å². The SMILES string of the molecule is CCn1nc(C)c(Br)c1COc1ccc([C@H](C)O)c(F)c1. The standard InChI is InChI=1S/C15H18BrFN2O2/c1-4-19-14(15(16)9(2)18-19)8-21-11-5-6-12(10(3)20)13(17)7-11/h5-7,10,20H,4,8H2,1-3H3/t10-/m0/s1. The lowest BCUT2D eigenvalue weighted by Gasteiger charge is -2.11. The lowest BCUT2D eigenvalue weighted by Crippen LogP contribution is -2.07. The number of hydrogen-bond acceptors (Lipinski definition) is 3. The number of aliphatic hydroxyl groups is 1. The molecule has 2 aromatic rings. The van der Waals surface area contributed by atoms with E-state index in [0.717, 1.165) is 22.4 Å². The highest BCUT2D eigenvalue weighted by molar-refractivity contribution is 9.10. The predicted molar refractivity (Wildman–Crippen MR) is 81.7 cm³/mol. The summed E-state index contributed by atoms with van der Waals surface area (Å²) in [6.45, 7) is 6.47. The average molecular weight is 357 g/mol. The molecule has 0 unspecified atom stereocenters. The summed E-state index contributed by atoms with van der Waals surface area (Å²) in [7, 11) is 0. The van der Waals surface area contributed by atoms with Crippen molar-refractivity contribution in [1.82, 2.24) is 9.78 Å². The van der Waals surface area contributed by atoms with Gasteiger partial charge in [0, 0.05) is 18.2 Å². The van der Waals surface area contributed by atoms with Crippen LogP contribution in [-0.4, -0.2) is 14.9 Å². The molecule has 0 aliphatic rings. The number of hydrogen-bond donors (Lipinski definition) is 1. The van der Waals surface area contributed by atoms with Crippen LogP contribution in [0.2, 0.25) is 0 Å². The van der Waals surface area contributed by atoms with Gasteiger partial charge in [0.1, 0.15) is 18.2 Å². The maximum atomic E-state index is 13.8. The third-order valence-corrected chi connectivity index (χ3v) is 4.28. The van der Waals surface area contributed by atoms with Crippen LogP contribution in [0.3, 0.4) is 0 Å². The Morgan fingerprint density at radius 1 is 1.48 bits per heavy atom. The first-order chi connectivity index (χ1) is 9.93.